The van der Waals surface area contributed by atoms with Crippen molar-refractivity contribution in [2.24, 2.45) is 12.0 Å². The summed E-state index contributed by atoms with van der Waals surface area (Å²) in [7, 11) is 5.39. The van der Waals surface area contributed by atoms with E-state index in [2.05, 4.69) is 21.8 Å². The van der Waals surface area contributed by atoms with Crippen LogP contribution in [0.4, 0.5) is 0 Å². The molecule has 1 amide bonds. The van der Waals surface area contributed by atoms with Crippen molar-refractivity contribution in [1.29, 1.82) is 0 Å². The van der Waals surface area contributed by atoms with E-state index in [-0.39, 0.29) is 18.5 Å². The standard InChI is InChI=1S/C25H30N6O2/c1-30(2)23(32)16-27-25(28-21-13-14-33-22-12-8-7-11-20(21)22)26-15-19-17-31(3)29-24(19)18-9-5-4-6-10-18/h4-12,17,21H,13-16H2,1-3H3,(H2,26,27,28). The topological polar surface area (TPSA) is 83.8 Å². The van der Waals surface area contributed by atoms with Gasteiger partial charge in [-0.1, -0.05) is 48.5 Å². The minimum absolute atomic E-state index is 0.0248. The molecule has 2 heterocycles. The summed E-state index contributed by atoms with van der Waals surface area (Å²) in [6, 6.07) is 18.1. The third-order valence-corrected chi connectivity index (χ3v) is 5.53. The maximum atomic E-state index is 12.2. The van der Waals surface area contributed by atoms with Gasteiger partial charge in [0.05, 0.1) is 31.4 Å². The molecule has 1 atom stereocenters. The predicted octanol–water partition coefficient (Wildman–Crippen LogP) is 2.73. The molecule has 0 fully saturated rings. The molecule has 2 aromatic carbocycles. The number of guanidine groups is 1. The van der Waals surface area contributed by atoms with Crippen LogP contribution < -0.4 is 15.4 Å². The molecule has 8 heteroatoms. The van der Waals surface area contributed by atoms with E-state index in [1.807, 2.05) is 61.8 Å². The van der Waals surface area contributed by atoms with Crippen molar-refractivity contribution in [2.45, 2.75) is 19.0 Å². The smallest absolute Gasteiger partial charge is 0.241 e. The van der Waals surface area contributed by atoms with Crippen molar-refractivity contribution in [1.82, 2.24) is 25.3 Å². The van der Waals surface area contributed by atoms with Gasteiger partial charge in [-0.15, -0.1) is 0 Å². The van der Waals surface area contributed by atoms with Crippen LogP contribution in [0.1, 0.15) is 23.6 Å². The number of hydrogen-bond donors (Lipinski definition) is 2. The van der Waals surface area contributed by atoms with Gasteiger partial charge in [0.25, 0.3) is 0 Å². The Kier molecular flexibility index (Phi) is 6.92. The lowest BCUT2D eigenvalue weighted by atomic mass is 10.0. The minimum Gasteiger partial charge on any atom is -0.493 e. The lowest BCUT2D eigenvalue weighted by Gasteiger charge is -2.28. The molecule has 0 bridgehead atoms. The second-order valence-electron chi connectivity index (χ2n) is 8.22. The summed E-state index contributed by atoms with van der Waals surface area (Å²) < 4.78 is 7.59. The Morgan fingerprint density at radius 3 is 2.73 bits per heavy atom. The van der Waals surface area contributed by atoms with Gasteiger partial charge < -0.3 is 20.3 Å². The van der Waals surface area contributed by atoms with Crippen molar-refractivity contribution in [2.75, 3.05) is 27.2 Å². The number of aliphatic imine (C=N–C) groups is 1. The van der Waals surface area contributed by atoms with Crippen LogP contribution in [-0.4, -0.2) is 53.8 Å². The van der Waals surface area contributed by atoms with E-state index in [1.165, 1.54) is 0 Å². The number of fused-ring (bicyclic) bond motifs is 1. The molecule has 8 nitrogen and oxygen atoms in total. The van der Waals surface area contributed by atoms with E-state index in [0.717, 1.165) is 34.6 Å². The summed E-state index contributed by atoms with van der Waals surface area (Å²) in [5, 5.41) is 11.3. The third-order valence-electron chi connectivity index (χ3n) is 5.53. The zero-order valence-corrected chi connectivity index (χ0v) is 19.3. The fourth-order valence-electron chi connectivity index (χ4n) is 3.78. The second kappa shape index (κ2) is 10.2. The summed E-state index contributed by atoms with van der Waals surface area (Å²) in [6.45, 7) is 1.20. The fraction of sp³-hybridized carbons (Fsp3) is 0.320. The number of aryl methyl sites for hydroxylation is 1. The van der Waals surface area contributed by atoms with E-state index in [4.69, 9.17) is 9.73 Å². The van der Waals surface area contributed by atoms with Crippen LogP contribution in [0.2, 0.25) is 0 Å². The van der Waals surface area contributed by atoms with Crippen LogP contribution in [-0.2, 0) is 18.4 Å². The van der Waals surface area contributed by atoms with Gasteiger partial charge in [-0.05, 0) is 6.07 Å². The van der Waals surface area contributed by atoms with Gasteiger partial charge in [-0.2, -0.15) is 5.10 Å². The normalized spacial score (nSPS) is 15.4. The molecule has 4 rings (SSSR count). The van der Waals surface area contributed by atoms with Gasteiger partial charge >= 0.3 is 0 Å². The maximum Gasteiger partial charge on any atom is 0.241 e. The van der Waals surface area contributed by atoms with Crippen LogP contribution in [0, 0.1) is 0 Å². The number of para-hydroxylation sites is 1. The number of nitrogens with one attached hydrogen (secondary N) is 2. The molecule has 33 heavy (non-hydrogen) atoms. The molecule has 1 aromatic heterocycles. The number of carbonyl (C=O) groups is 1. The summed E-state index contributed by atoms with van der Waals surface area (Å²) >= 11 is 0. The molecule has 0 radical (unpaired) electrons. The number of ether oxygens (including phenoxy) is 1. The van der Waals surface area contributed by atoms with Crippen molar-refractivity contribution < 1.29 is 9.53 Å². The van der Waals surface area contributed by atoms with Gasteiger partial charge in [0.2, 0.25) is 5.91 Å². The average Bonchev–Trinajstić information content (AvgIpc) is 3.21. The Morgan fingerprint density at radius 1 is 1.18 bits per heavy atom. The van der Waals surface area contributed by atoms with E-state index < -0.39 is 0 Å². The maximum absolute atomic E-state index is 12.2. The SMILES string of the molecule is CN(C)C(=O)CNC(=NCc1cn(C)nc1-c1ccccc1)NC1CCOc2ccccc21. The van der Waals surface area contributed by atoms with Gasteiger partial charge in [0, 0.05) is 50.5 Å². The molecule has 1 aliphatic heterocycles. The molecule has 2 N–H and O–H groups in total. The van der Waals surface area contributed by atoms with Crippen molar-refractivity contribution in [3.8, 4) is 17.0 Å². The van der Waals surface area contributed by atoms with Gasteiger partial charge in [0.1, 0.15) is 5.75 Å². The van der Waals surface area contributed by atoms with Gasteiger partial charge in [0.15, 0.2) is 5.96 Å². The van der Waals surface area contributed by atoms with Crippen LogP contribution >= 0.6 is 0 Å². The highest BCUT2D eigenvalue weighted by Gasteiger charge is 2.22. The lowest BCUT2D eigenvalue weighted by Crippen LogP contribution is -2.45. The molecule has 0 spiro atoms. The fourth-order valence-corrected chi connectivity index (χ4v) is 3.78. The number of aromatic nitrogens is 2. The Hall–Kier alpha value is -3.81. The Bertz CT molecular complexity index is 1120. The first-order chi connectivity index (χ1) is 16.0. The van der Waals surface area contributed by atoms with Gasteiger partial charge in [-0.3, -0.25) is 9.48 Å². The number of amides is 1. The van der Waals surface area contributed by atoms with E-state index in [1.54, 1.807) is 23.7 Å². The zero-order valence-electron chi connectivity index (χ0n) is 19.3. The highest BCUT2D eigenvalue weighted by atomic mass is 16.5. The summed E-state index contributed by atoms with van der Waals surface area (Å²) in [5.41, 5.74) is 4.05. The molecular formula is C25H30N6O2. The molecule has 3 aromatic rings. The Balaban J connectivity index is 1.57. The molecule has 1 aliphatic rings. The van der Waals surface area contributed by atoms with E-state index >= 15 is 0 Å². The lowest BCUT2D eigenvalue weighted by molar-refractivity contribution is -0.127. The number of hydrogen-bond acceptors (Lipinski definition) is 4. The third kappa shape index (κ3) is 5.52. The number of nitrogens with zero attached hydrogens (tertiary/aromatic N) is 4. The van der Waals surface area contributed by atoms with Crippen LogP contribution in [0.5, 0.6) is 5.75 Å². The molecule has 0 saturated carbocycles. The van der Waals surface area contributed by atoms with Gasteiger partial charge in [-0.25, -0.2) is 4.99 Å². The molecule has 172 valence electrons. The quantitative estimate of drug-likeness (QED) is 0.449. The molecule has 0 saturated heterocycles. The Morgan fingerprint density at radius 2 is 1.94 bits per heavy atom. The number of likely N-dealkylation sites (N-methyl/N-ethyl adjacent to an activating group) is 1. The van der Waals surface area contributed by atoms with E-state index in [9.17, 15) is 4.79 Å². The van der Waals surface area contributed by atoms with Crippen molar-refractivity contribution in [3.63, 3.8) is 0 Å². The Labute approximate surface area is 194 Å². The first kappa shape index (κ1) is 22.4. The first-order valence-electron chi connectivity index (χ1n) is 11.1. The summed E-state index contributed by atoms with van der Waals surface area (Å²) in [5.74, 6) is 1.43. The predicted molar refractivity (Wildman–Crippen MR) is 129 cm³/mol. The molecule has 0 aliphatic carbocycles. The number of rotatable bonds is 6. The minimum atomic E-state index is -0.0248. The monoisotopic (exact) mass is 446 g/mol. The number of carbonyl (C=O) groups excluding carboxylic acids is 1. The van der Waals surface area contributed by atoms with Crippen LogP contribution in [0.25, 0.3) is 11.3 Å². The molecule has 1 unspecified atom stereocenters. The summed E-state index contributed by atoms with van der Waals surface area (Å²) in [6.07, 6.45) is 2.79. The average molecular weight is 447 g/mol. The summed E-state index contributed by atoms with van der Waals surface area (Å²) in [4.78, 5) is 18.6. The number of benzene rings is 2. The highest BCUT2D eigenvalue weighted by molar-refractivity contribution is 5.86. The first-order valence-corrected chi connectivity index (χ1v) is 11.1. The van der Waals surface area contributed by atoms with Crippen molar-refractivity contribution in [3.05, 3.63) is 71.9 Å². The molecular weight excluding hydrogens is 416 g/mol. The second-order valence-corrected chi connectivity index (χ2v) is 8.22. The zero-order chi connectivity index (χ0) is 23.2. The van der Waals surface area contributed by atoms with Crippen LogP contribution in [0.15, 0.2) is 65.8 Å². The van der Waals surface area contributed by atoms with Crippen LogP contribution in [0.3, 0.4) is 0 Å². The highest BCUT2D eigenvalue weighted by Crippen LogP contribution is 2.31. The largest absolute Gasteiger partial charge is 0.493 e. The van der Waals surface area contributed by atoms with E-state index in [0.29, 0.717) is 19.1 Å². The van der Waals surface area contributed by atoms with Crippen molar-refractivity contribution >= 4 is 11.9 Å².